The Morgan fingerprint density at radius 2 is 2.47 bits per heavy atom. The molecule has 7 heteroatoms. The molecule has 1 aliphatic rings. The van der Waals surface area contributed by atoms with Gasteiger partial charge in [0.15, 0.2) is 0 Å². The van der Waals surface area contributed by atoms with Gasteiger partial charge in [0.05, 0.1) is 11.5 Å². The SMILES string of the molecule is CN(CC1CCCOC1)c1ccnc(F)c1[N+](=O)[O-]. The number of anilines is 1. The molecule has 0 aliphatic carbocycles. The first-order valence-electron chi connectivity index (χ1n) is 6.17. The van der Waals surface area contributed by atoms with Crippen LogP contribution in [-0.4, -0.2) is 36.7 Å². The fraction of sp³-hybridized carbons (Fsp3) is 0.583. The minimum absolute atomic E-state index is 0.253. The van der Waals surface area contributed by atoms with Gasteiger partial charge in [-0.2, -0.15) is 4.39 Å². The Morgan fingerprint density at radius 1 is 1.68 bits per heavy atom. The zero-order valence-electron chi connectivity index (χ0n) is 10.7. The molecule has 19 heavy (non-hydrogen) atoms. The van der Waals surface area contributed by atoms with Gasteiger partial charge in [-0.3, -0.25) is 10.1 Å². The van der Waals surface area contributed by atoms with Gasteiger partial charge < -0.3 is 9.64 Å². The molecule has 1 aliphatic heterocycles. The average molecular weight is 269 g/mol. The molecule has 0 N–H and O–H groups in total. The molecular weight excluding hydrogens is 253 g/mol. The summed E-state index contributed by atoms with van der Waals surface area (Å²) in [5.41, 5.74) is -0.315. The smallest absolute Gasteiger partial charge is 0.346 e. The van der Waals surface area contributed by atoms with Gasteiger partial charge in [-0.1, -0.05) is 0 Å². The standard InChI is InChI=1S/C12H16FN3O3/c1-15(7-9-3-2-6-19-8-9)10-4-5-14-12(13)11(10)16(17)18/h4-5,9H,2-3,6-8H2,1H3. The van der Waals surface area contributed by atoms with Gasteiger partial charge in [0.2, 0.25) is 0 Å². The zero-order chi connectivity index (χ0) is 13.8. The average Bonchev–Trinajstić information content (AvgIpc) is 2.39. The summed E-state index contributed by atoms with van der Waals surface area (Å²) in [5.74, 6) is -0.733. The Hall–Kier alpha value is -1.76. The highest BCUT2D eigenvalue weighted by molar-refractivity contribution is 5.61. The second kappa shape index (κ2) is 5.92. The molecule has 1 unspecified atom stereocenters. The molecule has 0 amide bonds. The topological polar surface area (TPSA) is 68.5 Å². The van der Waals surface area contributed by atoms with Crippen molar-refractivity contribution in [3.63, 3.8) is 0 Å². The molecule has 0 saturated carbocycles. The number of nitrogens with zero attached hydrogens (tertiary/aromatic N) is 3. The maximum atomic E-state index is 13.4. The minimum Gasteiger partial charge on any atom is -0.381 e. The van der Waals surface area contributed by atoms with Gasteiger partial charge in [0.1, 0.15) is 5.69 Å². The highest BCUT2D eigenvalue weighted by atomic mass is 19.1. The number of hydrogen-bond acceptors (Lipinski definition) is 5. The minimum atomic E-state index is -1.05. The Kier molecular flexibility index (Phi) is 4.26. The molecule has 104 valence electrons. The van der Waals surface area contributed by atoms with E-state index < -0.39 is 16.6 Å². The number of nitro groups is 1. The summed E-state index contributed by atoms with van der Waals surface area (Å²) in [6.45, 7) is 2.01. The van der Waals surface area contributed by atoms with Crippen LogP contribution in [0.5, 0.6) is 0 Å². The maximum Gasteiger partial charge on any atom is 0.346 e. The van der Waals surface area contributed by atoms with E-state index in [1.807, 2.05) is 0 Å². The van der Waals surface area contributed by atoms with Crippen molar-refractivity contribution < 1.29 is 14.1 Å². The maximum absolute atomic E-state index is 13.4. The normalized spacial score (nSPS) is 19.2. The van der Waals surface area contributed by atoms with Gasteiger partial charge >= 0.3 is 5.69 Å². The van der Waals surface area contributed by atoms with E-state index in [0.717, 1.165) is 19.4 Å². The van der Waals surface area contributed by atoms with Gasteiger partial charge in [-0.15, -0.1) is 0 Å². The van der Waals surface area contributed by atoms with Crippen molar-refractivity contribution in [3.05, 3.63) is 28.3 Å². The highest BCUT2D eigenvalue weighted by Crippen LogP contribution is 2.29. The van der Waals surface area contributed by atoms with E-state index in [4.69, 9.17) is 4.74 Å². The van der Waals surface area contributed by atoms with Crippen LogP contribution in [0.2, 0.25) is 0 Å². The number of hydrogen-bond donors (Lipinski definition) is 0. The Balaban J connectivity index is 2.16. The van der Waals surface area contributed by atoms with Crippen molar-refractivity contribution in [1.82, 2.24) is 4.98 Å². The van der Waals surface area contributed by atoms with Crippen molar-refractivity contribution >= 4 is 11.4 Å². The molecular formula is C12H16FN3O3. The van der Waals surface area contributed by atoms with E-state index in [0.29, 0.717) is 19.1 Å². The van der Waals surface area contributed by atoms with Crippen molar-refractivity contribution in [3.8, 4) is 0 Å². The van der Waals surface area contributed by atoms with Crippen LogP contribution in [0.15, 0.2) is 12.3 Å². The Labute approximate surface area is 110 Å². The van der Waals surface area contributed by atoms with Crippen LogP contribution in [0, 0.1) is 22.0 Å². The van der Waals surface area contributed by atoms with Crippen LogP contribution in [0.4, 0.5) is 15.8 Å². The third-order valence-electron chi connectivity index (χ3n) is 3.24. The van der Waals surface area contributed by atoms with E-state index in [-0.39, 0.29) is 5.69 Å². The predicted molar refractivity (Wildman–Crippen MR) is 67.7 cm³/mol. The fourth-order valence-corrected chi connectivity index (χ4v) is 2.33. The number of ether oxygens (including phenoxy) is 1. The largest absolute Gasteiger partial charge is 0.381 e. The first-order valence-corrected chi connectivity index (χ1v) is 6.17. The third-order valence-corrected chi connectivity index (χ3v) is 3.24. The summed E-state index contributed by atoms with van der Waals surface area (Å²) >= 11 is 0. The van der Waals surface area contributed by atoms with Crippen molar-refractivity contribution in [2.75, 3.05) is 31.7 Å². The van der Waals surface area contributed by atoms with Crippen LogP contribution in [0.3, 0.4) is 0 Å². The summed E-state index contributed by atoms with van der Waals surface area (Å²) < 4.78 is 18.8. The lowest BCUT2D eigenvalue weighted by Crippen LogP contribution is -2.31. The molecule has 1 fully saturated rings. The van der Waals surface area contributed by atoms with E-state index in [1.165, 1.54) is 12.3 Å². The molecule has 1 aromatic rings. The molecule has 0 spiro atoms. The molecule has 0 radical (unpaired) electrons. The monoisotopic (exact) mass is 269 g/mol. The Morgan fingerprint density at radius 3 is 3.11 bits per heavy atom. The lowest BCUT2D eigenvalue weighted by Gasteiger charge is -2.28. The first-order chi connectivity index (χ1) is 9.09. The Bertz CT molecular complexity index is 464. The van der Waals surface area contributed by atoms with Crippen LogP contribution in [-0.2, 0) is 4.74 Å². The number of halogens is 1. The van der Waals surface area contributed by atoms with Gasteiger partial charge in [0.25, 0.3) is 5.95 Å². The van der Waals surface area contributed by atoms with Gasteiger partial charge in [-0.05, 0) is 24.8 Å². The molecule has 1 saturated heterocycles. The summed E-state index contributed by atoms with van der Waals surface area (Å²) in [7, 11) is 1.72. The van der Waals surface area contributed by atoms with Gasteiger partial charge in [-0.25, -0.2) is 4.98 Å². The summed E-state index contributed by atoms with van der Waals surface area (Å²) in [5, 5.41) is 10.9. The van der Waals surface area contributed by atoms with E-state index >= 15 is 0 Å². The van der Waals surface area contributed by atoms with Crippen LogP contribution in [0.25, 0.3) is 0 Å². The fourth-order valence-electron chi connectivity index (χ4n) is 2.33. The summed E-state index contributed by atoms with van der Waals surface area (Å²) in [6, 6.07) is 1.46. The third kappa shape index (κ3) is 3.17. The summed E-state index contributed by atoms with van der Waals surface area (Å²) in [6.07, 6.45) is 3.25. The van der Waals surface area contributed by atoms with Crippen LogP contribution in [0.1, 0.15) is 12.8 Å². The first kappa shape index (κ1) is 13.7. The highest BCUT2D eigenvalue weighted by Gasteiger charge is 2.25. The second-order valence-corrected chi connectivity index (χ2v) is 4.69. The van der Waals surface area contributed by atoms with E-state index in [2.05, 4.69) is 4.98 Å². The molecule has 2 rings (SSSR count). The summed E-state index contributed by atoms with van der Waals surface area (Å²) in [4.78, 5) is 15.2. The molecule has 0 aromatic carbocycles. The van der Waals surface area contributed by atoms with Crippen molar-refractivity contribution in [2.24, 2.45) is 5.92 Å². The molecule has 2 heterocycles. The van der Waals surface area contributed by atoms with E-state index in [1.54, 1.807) is 11.9 Å². The number of pyridine rings is 1. The second-order valence-electron chi connectivity index (χ2n) is 4.69. The van der Waals surface area contributed by atoms with Gasteiger partial charge in [0, 0.05) is 26.4 Å². The van der Waals surface area contributed by atoms with Crippen molar-refractivity contribution in [2.45, 2.75) is 12.8 Å². The van der Waals surface area contributed by atoms with E-state index in [9.17, 15) is 14.5 Å². The lowest BCUT2D eigenvalue weighted by molar-refractivity contribution is -0.387. The quantitative estimate of drug-likeness (QED) is 0.475. The molecule has 1 atom stereocenters. The molecule has 6 nitrogen and oxygen atoms in total. The molecule has 0 bridgehead atoms. The van der Waals surface area contributed by atoms with Crippen LogP contribution >= 0.6 is 0 Å². The lowest BCUT2D eigenvalue weighted by atomic mass is 10.0. The van der Waals surface area contributed by atoms with Crippen LogP contribution < -0.4 is 4.90 Å². The predicted octanol–water partition coefficient (Wildman–Crippen LogP) is 1.99. The number of rotatable bonds is 4. The van der Waals surface area contributed by atoms with Crippen molar-refractivity contribution in [1.29, 1.82) is 0 Å². The number of aromatic nitrogens is 1. The molecule has 1 aromatic heterocycles. The zero-order valence-corrected chi connectivity index (χ0v) is 10.7.